The Bertz CT molecular complexity index is 306. The molecule has 1 amide bonds. The Morgan fingerprint density at radius 1 is 1.22 bits per heavy atom. The number of nitrogens with zero attached hydrogens (tertiary/aromatic N) is 1. The smallest absolute Gasteiger partial charge is 0.238 e. The predicted octanol–water partition coefficient (Wildman–Crippen LogP) is -0.853. The highest BCUT2D eigenvalue weighted by Gasteiger charge is 2.36. The summed E-state index contributed by atoms with van der Waals surface area (Å²) < 4.78 is 0. The van der Waals surface area contributed by atoms with Crippen LogP contribution in [0.15, 0.2) is 0 Å². The summed E-state index contributed by atoms with van der Waals surface area (Å²) in [7, 11) is 0. The first-order valence-electron chi connectivity index (χ1n) is 7.22. The first-order chi connectivity index (χ1) is 8.72. The quantitative estimate of drug-likeness (QED) is 0.599. The topological polar surface area (TPSA) is 56.4 Å². The van der Waals surface area contributed by atoms with E-state index in [1.165, 1.54) is 25.9 Å². The molecule has 0 radical (unpaired) electrons. The maximum absolute atomic E-state index is 12.2. The number of nitrogens with one attached hydrogen (secondary N) is 3. The maximum Gasteiger partial charge on any atom is 0.238 e. The molecule has 0 aromatic heterocycles. The highest BCUT2D eigenvalue weighted by Crippen LogP contribution is 2.27. The van der Waals surface area contributed by atoms with E-state index in [4.69, 9.17) is 0 Å². The van der Waals surface area contributed by atoms with Gasteiger partial charge in [-0.15, -0.1) is 0 Å². The minimum atomic E-state index is -0.0587. The average molecular weight is 252 g/mol. The van der Waals surface area contributed by atoms with Crippen LogP contribution in [0, 0.1) is 5.92 Å². The minimum absolute atomic E-state index is 0.0587. The van der Waals surface area contributed by atoms with Gasteiger partial charge >= 0.3 is 0 Å². The summed E-state index contributed by atoms with van der Waals surface area (Å²) in [5, 5.41) is 9.92. The first kappa shape index (κ1) is 12.4. The monoisotopic (exact) mass is 252 g/mol. The van der Waals surface area contributed by atoms with Gasteiger partial charge in [-0.1, -0.05) is 0 Å². The molecule has 4 aliphatic heterocycles. The second-order valence-corrected chi connectivity index (χ2v) is 6.02. The molecule has 5 nitrogen and oxygen atoms in total. The SMILES string of the molecule is CC1CNC(C(=O)NC2CN3CCC2CC3)CN1. The number of amides is 1. The van der Waals surface area contributed by atoms with Crippen molar-refractivity contribution in [3.8, 4) is 0 Å². The molecule has 4 fully saturated rings. The molecule has 3 atom stereocenters. The molecular formula is C13H24N4O. The summed E-state index contributed by atoms with van der Waals surface area (Å²) >= 11 is 0. The van der Waals surface area contributed by atoms with Gasteiger partial charge in [-0.3, -0.25) is 4.79 Å². The Balaban J connectivity index is 1.52. The Labute approximate surface area is 109 Å². The lowest BCUT2D eigenvalue weighted by Crippen LogP contribution is -2.63. The van der Waals surface area contributed by atoms with Crippen molar-refractivity contribution in [1.82, 2.24) is 20.9 Å². The fourth-order valence-electron chi connectivity index (χ4n) is 3.38. The molecule has 0 spiro atoms. The van der Waals surface area contributed by atoms with Gasteiger partial charge in [0.05, 0.1) is 6.04 Å². The average Bonchev–Trinajstić information content (AvgIpc) is 2.41. The van der Waals surface area contributed by atoms with Crippen molar-refractivity contribution < 1.29 is 4.79 Å². The highest BCUT2D eigenvalue weighted by atomic mass is 16.2. The van der Waals surface area contributed by atoms with E-state index in [1.54, 1.807) is 0 Å². The van der Waals surface area contributed by atoms with Crippen molar-refractivity contribution in [2.45, 2.75) is 37.9 Å². The van der Waals surface area contributed by atoms with Gasteiger partial charge in [-0.05, 0) is 38.8 Å². The third-order valence-corrected chi connectivity index (χ3v) is 4.64. The summed E-state index contributed by atoms with van der Waals surface area (Å²) in [5.74, 6) is 0.877. The Morgan fingerprint density at radius 3 is 2.56 bits per heavy atom. The van der Waals surface area contributed by atoms with Gasteiger partial charge in [0.2, 0.25) is 5.91 Å². The number of carbonyl (C=O) groups is 1. The molecule has 4 heterocycles. The lowest BCUT2D eigenvalue weighted by Gasteiger charge is -2.45. The van der Waals surface area contributed by atoms with Crippen molar-refractivity contribution in [3.63, 3.8) is 0 Å². The predicted molar refractivity (Wildman–Crippen MR) is 70.4 cm³/mol. The van der Waals surface area contributed by atoms with E-state index in [0.717, 1.165) is 19.6 Å². The zero-order valence-corrected chi connectivity index (χ0v) is 11.1. The molecule has 2 bridgehead atoms. The molecular weight excluding hydrogens is 228 g/mol. The van der Waals surface area contributed by atoms with E-state index in [-0.39, 0.29) is 11.9 Å². The molecule has 3 N–H and O–H groups in total. The van der Waals surface area contributed by atoms with E-state index in [2.05, 4.69) is 27.8 Å². The number of rotatable bonds is 2. The fourth-order valence-corrected chi connectivity index (χ4v) is 3.38. The molecule has 3 unspecified atom stereocenters. The number of carbonyl (C=O) groups excluding carboxylic acids is 1. The van der Waals surface area contributed by atoms with Gasteiger partial charge in [0.15, 0.2) is 0 Å². The lowest BCUT2D eigenvalue weighted by atomic mass is 9.84. The van der Waals surface area contributed by atoms with Crippen LogP contribution >= 0.6 is 0 Å². The second-order valence-electron chi connectivity index (χ2n) is 6.02. The normalized spacial score (nSPS) is 43.7. The van der Waals surface area contributed by atoms with Crippen molar-refractivity contribution >= 4 is 5.91 Å². The van der Waals surface area contributed by atoms with Gasteiger partial charge in [-0.25, -0.2) is 0 Å². The van der Waals surface area contributed by atoms with Gasteiger partial charge in [-0.2, -0.15) is 0 Å². The standard InChI is InChI=1S/C13H24N4O/c1-9-6-15-11(7-14-9)13(18)16-12-8-17-4-2-10(12)3-5-17/h9-12,14-15H,2-8H2,1H3,(H,16,18). The molecule has 0 aromatic carbocycles. The fraction of sp³-hybridized carbons (Fsp3) is 0.923. The van der Waals surface area contributed by atoms with Crippen molar-refractivity contribution in [1.29, 1.82) is 0 Å². The summed E-state index contributed by atoms with van der Waals surface area (Å²) in [6, 6.07) is 0.781. The molecule has 18 heavy (non-hydrogen) atoms. The summed E-state index contributed by atoms with van der Waals surface area (Å²) in [4.78, 5) is 14.7. The van der Waals surface area contributed by atoms with Crippen molar-refractivity contribution in [2.75, 3.05) is 32.7 Å². The van der Waals surface area contributed by atoms with Crippen LogP contribution in [0.2, 0.25) is 0 Å². The number of hydrogen-bond donors (Lipinski definition) is 3. The van der Waals surface area contributed by atoms with Crippen molar-refractivity contribution in [3.05, 3.63) is 0 Å². The van der Waals surface area contributed by atoms with Crippen LogP contribution in [-0.2, 0) is 4.79 Å². The van der Waals surface area contributed by atoms with Crippen LogP contribution in [0.3, 0.4) is 0 Å². The number of piperidine rings is 3. The van der Waals surface area contributed by atoms with Gasteiger partial charge < -0.3 is 20.9 Å². The number of fused-ring (bicyclic) bond motifs is 3. The Hall–Kier alpha value is -0.650. The Kier molecular flexibility index (Phi) is 3.54. The molecule has 0 aromatic rings. The summed E-state index contributed by atoms with van der Waals surface area (Å²) in [5.41, 5.74) is 0. The number of hydrogen-bond acceptors (Lipinski definition) is 4. The van der Waals surface area contributed by atoms with Crippen LogP contribution < -0.4 is 16.0 Å². The van der Waals surface area contributed by atoms with Gasteiger partial charge in [0, 0.05) is 31.7 Å². The van der Waals surface area contributed by atoms with Crippen LogP contribution in [0.25, 0.3) is 0 Å². The summed E-state index contributed by atoms with van der Waals surface area (Å²) in [6.45, 7) is 7.24. The minimum Gasteiger partial charge on any atom is -0.350 e. The van der Waals surface area contributed by atoms with Gasteiger partial charge in [0.1, 0.15) is 0 Å². The zero-order valence-electron chi connectivity index (χ0n) is 11.1. The maximum atomic E-state index is 12.2. The van der Waals surface area contributed by atoms with Crippen LogP contribution in [0.4, 0.5) is 0 Å². The molecule has 0 saturated carbocycles. The zero-order chi connectivity index (χ0) is 12.5. The molecule has 5 heteroatoms. The summed E-state index contributed by atoms with van der Waals surface area (Å²) in [6.07, 6.45) is 2.50. The molecule has 4 rings (SSSR count). The van der Waals surface area contributed by atoms with E-state index in [9.17, 15) is 4.79 Å². The van der Waals surface area contributed by atoms with Crippen LogP contribution in [0.5, 0.6) is 0 Å². The lowest BCUT2D eigenvalue weighted by molar-refractivity contribution is -0.125. The molecule has 4 aliphatic rings. The number of piperazine rings is 1. The second kappa shape index (κ2) is 5.15. The molecule has 4 saturated heterocycles. The highest BCUT2D eigenvalue weighted by molar-refractivity contribution is 5.82. The van der Waals surface area contributed by atoms with E-state index in [1.807, 2.05) is 0 Å². The van der Waals surface area contributed by atoms with Crippen molar-refractivity contribution in [2.24, 2.45) is 5.92 Å². The van der Waals surface area contributed by atoms with Crippen LogP contribution in [0.1, 0.15) is 19.8 Å². The van der Waals surface area contributed by atoms with E-state index >= 15 is 0 Å². The third-order valence-electron chi connectivity index (χ3n) is 4.64. The van der Waals surface area contributed by atoms with Gasteiger partial charge in [0.25, 0.3) is 0 Å². The molecule has 102 valence electrons. The van der Waals surface area contributed by atoms with E-state index < -0.39 is 0 Å². The first-order valence-corrected chi connectivity index (χ1v) is 7.22. The third kappa shape index (κ3) is 2.53. The Morgan fingerprint density at radius 2 is 2.00 bits per heavy atom. The van der Waals surface area contributed by atoms with E-state index in [0.29, 0.717) is 18.0 Å². The van der Waals surface area contributed by atoms with Crippen LogP contribution in [-0.4, -0.2) is 61.7 Å². The molecule has 0 aliphatic carbocycles. The largest absolute Gasteiger partial charge is 0.350 e.